The Kier molecular flexibility index (Phi) is 5.56. The normalized spacial score (nSPS) is 22.1. The molecule has 0 amide bonds. The first kappa shape index (κ1) is 15.8. The smallest absolute Gasteiger partial charge is 0.339 e. The number of nitrogens with zero attached hydrogens (tertiary/aromatic N) is 2. The Balaban J connectivity index is 2.09. The van der Waals surface area contributed by atoms with Crippen LogP contribution in [0.5, 0.6) is 0 Å². The minimum Gasteiger partial charge on any atom is -0.462 e. The Labute approximate surface area is 126 Å². The van der Waals surface area contributed by atoms with Crippen molar-refractivity contribution in [1.82, 2.24) is 4.98 Å². The number of nitrogens with two attached hydrogens (primary N) is 1. The summed E-state index contributed by atoms with van der Waals surface area (Å²) in [6, 6.07) is 4.01. The number of rotatable bonds is 5. The number of anilines is 1. The summed E-state index contributed by atoms with van der Waals surface area (Å²) in [6.45, 7) is 6.02. The van der Waals surface area contributed by atoms with Crippen LogP contribution < -0.4 is 10.6 Å². The van der Waals surface area contributed by atoms with E-state index in [-0.39, 0.29) is 5.97 Å². The molecule has 0 aliphatic carbocycles. The zero-order chi connectivity index (χ0) is 15.2. The van der Waals surface area contributed by atoms with Crippen molar-refractivity contribution in [1.29, 1.82) is 0 Å². The number of carbonyl (C=O) groups excluding carboxylic acids is 1. The van der Waals surface area contributed by atoms with E-state index in [1.165, 1.54) is 12.8 Å². The van der Waals surface area contributed by atoms with Gasteiger partial charge in [0.2, 0.25) is 0 Å². The van der Waals surface area contributed by atoms with Gasteiger partial charge in [-0.3, -0.25) is 0 Å². The van der Waals surface area contributed by atoms with Crippen molar-refractivity contribution in [3.8, 4) is 0 Å². The summed E-state index contributed by atoms with van der Waals surface area (Å²) in [5, 5.41) is 0. The standard InChI is InChI=1S/C16H25N3O2/c1-3-12-7-8-19(14(9-12)10-17)15-6-5-13(11-18-15)16(20)21-4-2/h5-6,11-12,14H,3-4,7-10,17H2,1-2H3. The molecule has 1 aliphatic heterocycles. The van der Waals surface area contributed by atoms with Crippen molar-refractivity contribution in [2.24, 2.45) is 11.7 Å². The largest absolute Gasteiger partial charge is 0.462 e. The van der Waals surface area contributed by atoms with Gasteiger partial charge in [-0.2, -0.15) is 0 Å². The second kappa shape index (κ2) is 7.41. The molecule has 0 saturated carbocycles. The van der Waals surface area contributed by atoms with Crippen LogP contribution in [0.3, 0.4) is 0 Å². The van der Waals surface area contributed by atoms with Crippen LogP contribution in [0, 0.1) is 5.92 Å². The van der Waals surface area contributed by atoms with Gasteiger partial charge in [0, 0.05) is 25.3 Å². The third-order valence-corrected chi connectivity index (χ3v) is 4.23. The maximum absolute atomic E-state index is 11.6. The first-order chi connectivity index (χ1) is 10.2. The number of pyridine rings is 1. The highest BCUT2D eigenvalue weighted by molar-refractivity contribution is 5.89. The first-order valence-corrected chi connectivity index (χ1v) is 7.79. The van der Waals surface area contributed by atoms with Crippen molar-refractivity contribution in [3.63, 3.8) is 0 Å². The number of ether oxygens (including phenoxy) is 1. The van der Waals surface area contributed by atoms with Gasteiger partial charge in [-0.1, -0.05) is 13.3 Å². The van der Waals surface area contributed by atoms with Gasteiger partial charge >= 0.3 is 5.97 Å². The van der Waals surface area contributed by atoms with Crippen molar-refractivity contribution >= 4 is 11.8 Å². The van der Waals surface area contributed by atoms with Gasteiger partial charge in [0.25, 0.3) is 0 Å². The number of hydrogen-bond donors (Lipinski definition) is 1. The van der Waals surface area contributed by atoms with Crippen LogP contribution in [-0.4, -0.2) is 36.7 Å². The molecule has 5 heteroatoms. The monoisotopic (exact) mass is 291 g/mol. The van der Waals surface area contributed by atoms with E-state index in [9.17, 15) is 4.79 Å². The molecule has 2 N–H and O–H groups in total. The van der Waals surface area contributed by atoms with E-state index in [1.54, 1.807) is 19.2 Å². The highest BCUT2D eigenvalue weighted by Gasteiger charge is 2.27. The number of aromatic nitrogens is 1. The molecule has 0 radical (unpaired) electrons. The van der Waals surface area contributed by atoms with E-state index < -0.39 is 0 Å². The zero-order valence-corrected chi connectivity index (χ0v) is 12.9. The van der Waals surface area contributed by atoms with Gasteiger partial charge < -0.3 is 15.4 Å². The van der Waals surface area contributed by atoms with E-state index in [4.69, 9.17) is 10.5 Å². The maximum Gasteiger partial charge on any atom is 0.339 e. The Morgan fingerprint density at radius 2 is 2.29 bits per heavy atom. The molecule has 1 aliphatic rings. The van der Waals surface area contributed by atoms with Gasteiger partial charge in [0.05, 0.1) is 12.2 Å². The molecule has 2 unspecified atom stereocenters. The van der Waals surface area contributed by atoms with E-state index >= 15 is 0 Å². The van der Waals surface area contributed by atoms with E-state index in [2.05, 4.69) is 16.8 Å². The summed E-state index contributed by atoms with van der Waals surface area (Å²) < 4.78 is 4.97. The first-order valence-electron chi connectivity index (χ1n) is 7.79. The minimum atomic E-state index is -0.323. The van der Waals surface area contributed by atoms with Gasteiger partial charge in [0.15, 0.2) is 0 Å². The predicted octanol–water partition coefficient (Wildman–Crippen LogP) is 2.21. The highest BCUT2D eigenvalue weighted by atomic mass is 16.5. The molecule has 116 valence electrons. The number of piperidine rings is 1. The number of carbonyl (C=O) groups is 1. The summed E-state index contributed by atoms with van der Waals surface area (Å²) >= 11 is 0. The molecule has 2 atom stereocenters. The van der Waals surface area contributed by atoms with Crippen LogP contribution in [0.25, 0.3) is 0 Å². The molecular weight excluding hydrogens is 266 g/mol. The van der Waals surface area contributed by atoms with Gasteiger partial charge in [-0.15, -0.1) is 0 Å². The molecule has 0 aromatic carbocycles. The van der Waals surface area contributed by atoms with Gasteiger partial charge in [0.1, 0.15) is 5.82 Å². The lowest BCUT2D eigenvalue weighted by Crippen LogP contribution is -2.47. The molecule has 1 aromatic heterocycles. The molecule has 1 saturated heterocycles. The fraction of sp³-hybridized carbons (Fsp3) is 0.625. The predicted molar refractivity (Wildman–Crippen MR) is 83.4 cm³/mol. The average Bonchev–Trinajstić information content (AvgIpc) is 2.54. The Morgan fingerprint density at radius 3 is 2.86 bits per heavy atom. The lowest BCUT2D eigenvalue weighted by molar-refractivity contribution is 0.0526. The average molecular weight is 291 g/mol. The van der Waals surface area contributed by atoms with Crippen molar-refractivity contribution < 1.29 is 9.53 Å². The summed E-state index contributed by atoms with van der Waals surface area (Å²) in [5.41, 5.74) is 6.42. The molecule has 0 bridgehead atoms. The molecule has 0 spiro atoms. The topological polar surface area (TPSA) is 68.5 Å². The van der Waals surface area contributed by atoms with Crippen molar-refractivity contribution in [2.75, 3.05) is 24.6 Å². The number of esters is 1. The summed E-state index contributed by atoms with van der Waals surface area (Å²) in [6.07, 6.45) is 5.09. The molecular formula is C16H25N3O2. The second-order valence-corrected chi connectivity index (χ2v) is 5.51. The van der Waals surface area contributed by atoms with Crippen LogP contribution in [0.1, 0.15) is 43.5 Å². The van der Waals surface area contributed by atoms with Crippen LogP contribution in [-0.2, 0) is 4.74 Å². The Hall–Kier alpha value is -1.62. The molecule has 1 fully saturated rings. The van der Waals surface area contributed by atoms with Gasteiger partial charge in [-0.05, 0) is 37.8 Å². The Bertz CT molecular complexity index is 461. The fourth-order valence-corrected chi connectivity index (χ4v) is 2.92. The minimum absolute atomic E-state index is 0.323. The Morgan fingerprint density at radius 1 is 1.48 bits per heavy atom. The van der Waals surface area contributed by atoms with Crippen LogP contribution in [0.15, 0.2) is 18.3 Å². The van der Waals surface area contributed by atoms with Crippen molar-refractivity contribution in [3.05, 3.63) is 23.9 Å². The summed E-state index contributed by atoms with van der Waals surface area (Å²) in [4.78, 5) is 18.3. The third-order valence-electron chi connectivity index (χ3n) is 4.23. The molecule has 2 rings (SSSR count). The van der Waals surface area contributed by atoms with Crippen molar-refractivity contribution in [2.45, 2.75) is 39.2 Å². The third kappa shape index (κ3) is 3.73. The second-order valence-electron chi connectivity index (χ2n) is 5.51. The van der Waals surface area contributed by atoms with Crippen LogP contribution >= 0.6 is 0 Å². The molecule has 21 heavy (non-hydrogen) atoms. The lowest BCUT2D eigenvalue weighted by atomic mass is 9.89. The van der Waals surface area contributed by atoms with E-state index in [1.807, 2.05) is 6.07 Å². The lowest BCUT2D eigenvalue weighted by Gasteiger charge is -2.39. The molecule has 1 aromatic rings. The molecule has 5 nitrogen and oxygen atoms in total. The highest BCUT2D eigenvalue weighted by Crippen LogP contribution is 2.28. The summed E-state index contributed by atoms with van der Waals surface area (Å²) in [5.74, 6) is 1.33. The van der Waals surface area contributed by atoms with E-state index in [0.29, 0.717) is 24.8 Å². The summed E-state index contributed by atoms with van der Waals surface area (Å²) in [7, 11) is 0. The van der Waals surface area contributed by atoms with Crippen LogP contribution in [0.2, 0.25) is 0 Å². The number of hydrogen-bond acceptors (Lipinski definition) is 5. The SMILES string of the molecule is CCOC(=O)c1ccc(N2CCC(CC)CC2CN)nc1. The van der Waals surface area contributed by atoms with Gasteiger partial charge in [-0.25, -0.2) is 9.78 Å². The fourth-order valence-electron chi connectivity index (χ4n) is 2.92. The maximum atomic E-state index is 11.6. The van der Waals surface area contributed by atoms with Crippen LogP contribution in [0.4, 0.5) is 5.82 Å². The van der Waals surface area contributed by atoms with E-state index in [0.717, 1.165) is 24.7 Å². The quantitative estimate of drug-likeness (QED) is 0.842. The molecule has 2 heterocycles. The zero-order valence-electron chi connectivity index (χ0n) is 12.9.